The quantitative estimate of drug-likeness (QED) is 0.793. The Labute approximate surface area is 116 Å². The third-order valence-corrected chi connectivity index (χ3v) is 4.57. The zero-order valence-corrected chi connectivity index (χ0v) is 12.4. The van der Waals surface area contributed by atoms with E-state index >= 15 is 0 Å². The van der Waals surface area contributed by atoms with Crippen molar-refractivity contribution in [2.75, 3.05) is 32.8 Å². The summed E-state index contributed by atoms with van der Waals surface area (Å²) in [7, 11) is 0. The molecule has 0 aromatic rings. The Morgan fingerprint density at radius 1 is 1.37 bits per heavy atom. The van der Waals surface area contributed by atoms with Crippen LogP contribution in [0.15, 0.2) is 0 Å². The van der Waals surface area contributed by atoms with Gasteiger partial charge in [-0.05, 0) is 38.6 Å². The van der Waals surface area contributed by atoms with Crippen LogP contribution in [0.5, 0.6) is 0 Å². The number of hydrogen-bond acceptors (Lipinski definition) is 4. The minimum atomic E-state index is -0.348. The second-order valence-electron chi connectivity index (χ2n) is 6.04. The Morgan fingerprint density at radius 2 is 2.21 bits per heavy atom. The lowest BCUT2D eigenvalue weighted by atomic mass is 9.75. The Bertz CT molecular complexity index is 301. The number of rotatable bonds is 3. The molecule has 1 saturated carbocycles. The number of esters is 1. The molecule has 1 aliphatic carbocycles. The largest absolute Gasteiger partial charge is 0.465 e. The molecular weight excluding hydrogens is 240 g/mol. The average Bonchev–Trinajstić information content (AvgIpc) is 2.68. The van der Waals surface area contributed by atoms with Gasteiger partial charge in [-0.3, -0.25) is 9.69 Å². The van der Waals surface area contributed by atoms with Gasteiger partial charge in [0.2, 0.25) is 0 Å². The molecule has 1 heterocycles. The summed E-state index contributed by atoms with van der Waals surface area (Å²) in [6.45, 7) is 8.68. The molecule has 2 fully saturated rings. The number of carbonyl (C=O) groups is 1. The summed E-state index contributed by atoms with van der Waals surface area (Å²) in [6, 6.07) is 0. The third-order valence-electron chi connectivity index (χ3n) is 4.57. The van der Waals surface area contributed by atoms with Crippen LogP contribution in [0.25, 0.3) is 0 Å². The van der Waals surface area contributed by atoms with Crippen molar-refractivity contribution in [2.45, 2.75) is 51.5 Å². The van der Waals surface area contributed by atoms with Gasteiger partial charge in [0.05, 0.1) is 6.61 Å². The van der Waals surface area contributed by atoms with Crippen molar-refractivity contribution in [3.05, 3.63) is 0 Å². The lowest BCUT2D eigenvalue weighted by Crippen LogP contribution is -2.58. The summed E-state index contributed by atoms with van der Waals surface area (Å²) in [6.07, 6.45) is 5.44. The molecule has 19 heavy (non-hydrogen) atoms. The maximum absolute atomic E-state index is 12.6. The normalized spacial score (nSPS) is 33.7. The van der Waals surface area contributed by atoms with Crippen LogP contribution in [0.3, 0.4) is 0 Å². The van der Waals surface area contributed by atoms with Gasteiger partial charge in [0.15, 0.2) is 0 Å². The maximum atomic E-state index is 12.6. The van der Waals surface area contributed by atoms with Crippen LogP contribution in [0.2, 0.25) is 0 Å². The molecule has 2 rings (SSSR count). The van der Waals surface area contributed by atoms with Gasteiger partial charge in [-0.2, -0.15) is 0 Å². The maximum Gasteiger partial charge on any atom is 0.326 e. The van der Waals surface area contributed by atoms with Crippen molar-refractivity contribution in [1.29, 1.82) is 0 Å². The first-order valence-corrected chi connectivity index (χ1v) is 7.82. The minimum Gasteiger partial charge on any atom is -0.465 e. The zero-order valence-electron chi connectivity index (χ0n) is 12.4. The molecule has 0 bridgehead atoms. The summed E-state index contributed by atoms with van der Waals surface area (Å²) in [4.78, 5) is 15.0. The molecule has 1 N–H and O–H groups in total. The van der Waals surface area contributed by atoms with Gasteiger partial charge in [-0.15, -0.1) is 0 Å². The second-order valence-corrected chi connectivity index (χ2v) is 6.04. The molecule has 0 radical (unpaired) electrons. The van der Waals surface area contributed by atoms with Gasteiger partial charge in [0, 0.05) is 19.6 Å². The molecular formula is C15H28N2O2. The van der Waals surface area contributed by atoms with Crippen molar-refractivity contribution in [2.24, 2.45) is 5.92 Å². The zero-order chi connectivity index (χ0) is 13.7. The summed E-state index contributed by atoms with van der Waals surface area (Å²) < 4.78 is 5.43. The van der Waals surface area contributed by atoms with Crippen LogP contribution in [-0.4, -0.2) is 49.2 Å². The van der Waals surface area contributed by atoms with E-state index in [1.807, 2.05) is 6.92 Å². The lowest BCUT2D eigenvalue weighted by Gasteiger charge is -2.45. The second kappa shape index (κ2) is 6.71. The van der Waals surface area contributed by atoms with E-state index in [0.717, 1.165) is 51.9 Å². The number of ether oxygens (including phenoxy) is 1. The molecule has 0 aromatic carbocycles. The van der Waals surface area contributed by atoms with Crippen molar-refractivity contribution in [3.63, 3.8) is 0 Å². The molecule has 110 valence electrons. The molecule has 0 aromatic heterocycles. The molecule has 0 amide bonds. The van der Waals surface area contributed by atoms with Crippen LogP contribution < -0.4 is 5.32 Å². The van der Waals surface area contributed by atoms with Crippen molar-refractivity contribution in [1.82, 2.24) is 10.2 Å². The van der Waals surface area contributed by atoms with Crippen LogP contribution in [0.4, 0.5) is 0 Å². The number of hydrogen-bond donors (Lipinski definition) is 1. The average molecular weight is 268 g/mol. The minimum absolute atomic E-state index is 0.0171. The fourth-order valence-corrected chi connectivity index (χ4v) is 3.66. The van der Waals surface area contributed by atoms with Crippen molar-refractivity contribution >= 4 is 5.97 Å². The highest BCUT2D eigenvalue weighted by Gasteiger charge is 2.47. The van der Waals surface area contributed by atoms with E-state index in [-0.39, 0.29) is 11.5 Å². The Morgan fingerprint density at radius 3 is 2.95 bits per heavy atom. The van der Waals surface area contributed by atoms with Gasteiger partial charge in [0.25, 0.3) is 0 Å². The number of carbonyl (C=O) groups excluding carboxylic acids is 1. The molecule has 4 nitrogen and oxygen atoms in total. The van der Waals surface area contributed by atoms with E-state index in [1.165, 1.54) is 6.42 Å². The Balaban J connectivity index is 2.18. The van der Waals surface area contributed by atoms with Crippen LogP contribution in [0.1, 0.15) is 46.0 Å². The summed E-state index contributed by atoms with van der Waals surface area (Å²) >= 11 is 0. The van der Waals surface area contributed by atoms with Gasteiger partial charge in [-0.25, -0.2) is 0 Å². The van der Waals surface area contributed by atoms with Crippen molar-refractivity contribution in [3.8, 4) is 0 Å². The summed E-state index contributed by atoms with van der Waals surface area (Å²) in [5.41, 5.74) is -0.348. The predicted molar refractivity (Wildman–Crippen MR) is 76.1 cm³/mol. The monoisotopic (exact) mass is 268 g/mol. The molecule has 0 spiro atoms. The first-order valence-electron chi connectivity index (χ1n) is 7.82. The summed E-state index contributed by atoms with van der Waals surface area (Å²) in [5.74, 6) is 0.637. The van der Waals surface area contributed by atoms with E-state index < -0.39 is 0 Å². The van der Waals surface area contributed by atoms with Gasteiger partial charge < -0.3 is 10.1 Å². The van der Waals surface area contributed by atoms with Gasteiger partial charge in [0.1, 0.15) is 5.54 Å². The predicted octanol–water partition coefficient (Wildman–Crippen LogP) is 1.79. The van der Waals surface area contributed by atoms with E-state index in [0.29, 0.717) is 12.5 Å². The molecule has 1 saturated heterocycles. The standard InChI is InChI=1S/C15H28N2O2/c1-3-19-14(18)15(7-4-6-13(2)12-15)17-10-5-8-16-9-11-17/h13,16H,3-12H2,1-2H3. The first-order chi connectivity index (χ1) is 9.19. The third kappa shape index (κ3) is 3.29. The summed E-state index contributed by atoms with van der Waals surface area (Å²) in [5, 5.41) is 3.42. The fraction of sp³-hybridized carbons (Fsp3) is 0.933. The Kier molecular flexibility index (Phi) is 5.22. The van der Waals surface area contributed by atoms with Gasteiger partial charge >= 0.3 is 5.97 Å². The molecule has 1 aliphatic heterocycles. The highest BCUT2D eigenvalue weighted by molar-refractivity contribution is 5.81. The highest BCUT2D eigenvalue weighted by Crippen LogP contribution is 2.38. The first kappa shape index (κ1) is 14.8. The van der Waals surface area contributed by atoms with E-state index in [2.05, 4.69) is 17.1 Å². The Hall–Kier alpha value is -0.610. The molecule has 2 aliphatic rings. The fourth-order valence-electron chi connectivity index (χ4n) is 3.66. The smallest absolute Gasteiger partial charge is 0.326 e. The number of nitrogens with one attached hydrogen (secondary N) is 1. The highest BCUT2D eigenvalue weighted by atomic mass is 16.5. The lowest BCUT2D eigenvalue weighted by molar-refractivity contribution is -0.162. The van der Waals surface area contributed by atoms with E-state index in [4.69, 9.17) is 4.74 Å². The number of nitrogens with zero attached hydrogens (tertiary/aromatic N) is 1. The molecule has 4 heteroatoms. The van der Waals surface area contributed by atoms with Crippen LogP contribution in [-0.2, 0) is 9.53 Å². The topological polar surface area (TPSA) is 41.6 Å². The SMILES string of the molecule is CCOC(=O)C1(N2CCCNCC2)CCCC(C)C1. The van der Waals surface area contributed by atoms with E-state index in [9.17, 15) is 4.79 Å². The molecule has 2 atom stereocenters. The van der Waals surface area contributed by atoms with Gasteiger partial charge in [-0.1, -0.05) is 19.8 Å². The van der Waals surface area contributed by atoms with E-state index in [1.54, 1.807) is 0 Å². The van der Waals surface area contributed by atoms with Crippen LogP contribution >= 0.6 is 0 Å². The van der Waals surface area contributed by atoms with Crippen molar-refractivity contribution < 1.29 is 9.53 Å². The van der Waals surface area contributed by atoms with Crippen LogP contribution in [0, 0.1) is 5.92 Å². The molecule has 2 unspecified atom stereocenters.